The average Bonchev–Trinajstić information content (AvgIpc) is 3.54. The fourth-order valence-corrected chi connectivity index (χ4v) is 4.28. The Balaban J connectivity index is 1.43. The zero-order valence-electron chi connectivity index (χ0n) is 19.8. The van der Waals surface area contributed by atoms with Crippen LogP contribution in [-0.4, -0.2) is 41.0 Å². The van der Waals surface area contributed by atoms with E-state index in [0.29, 0.717) is 57.0 Å². The fraction of sp³-hybridized carbons (Fsp3) is 0.111. The van der Waals surface area contributed by atoms with Crippen LogP contribution < -0.4 is 5.32 Å². The summed E-state index contributed by atoms with van der Waals surface area (Å²) in [4.78, 5) is 33.2. The number of hydrogen-bond acceptors (Lipinski definition) is 6. The third-order valence-corrected chi connectivity index (χ3v) is 5.99. The lowest BCUT2D eigenvalue weighted by Gasteiger charge is -2.07. The summed E-state index contributed by atoms with van der Waals surface area (Å²) in [6, 6.07) is 12.4. The molecular weight excluding hydrogens is 471 g/mol. The first-order valence-corrected chi connectivity index (χ1v) is 11.8. The normalized spacial score (nSPS) is 11.3. The van der Waals surface area contributed by atoms with Crippen LogP contribution in [0.2, 0.25) is 0 Å². The quantitative estimate of drug-likeness (QED) is 0.282. The molecule has 0 aliphatic rings. The number of halogens is 1. The lowest BCUT2D eigenvalue weighted by Crippen LogP contribution is -2.10. The Hall–Kier alpha value is -4.99. The predicted octanol–water partition coefficient (Wildman–Crippen LogP) is 5.50. The maximum Gasteiger partial charge on any atom is 0.224 e. The smallest absolute Gasteiger partial charge is 0.224 e. The Kier molecular flexibility index (Phi) is 5.61. The van der Waals surface area contributed by atoms with Gasteiger partial charge in [-0.15, -0.1) is 0 Å². The van der Waals surface area contributed by atoms with Crippen LogP contribution in [0, 0.1) is 5.82 Å². The molecule has 1 aromatic carbocycles. The molecule has 0 atom stereocenters. The number of aromatic amines is 2. The molecule has 0 bridgehead atoms. The number of pyridine rings is 3. The summed E-state index contributed by atoms with van der Waals surface area (Å²) in [5.74, 6) is -0.0787. The second-order valence-electron chi connectivity index (χ2n) is 8.57. The lowest BCUT2D eigenvalue weighted by atomic mass is 10.0. The summed E-state index contributed by atoms with van der Waals surface area (Å²) in [7, 11) is 0. The topological polar surface area (TPSA) is 125 Å². The van der Waals surface area contributed by atoms with Gasteiger partial charge in [0.15, 0.2) is 11.6 Å². The van der Waals surface area contributed by atoms with Crippen molar-refractivity contribution in [3.8, 4) is 34.0 Å². The number of nitrogens with one attached hydrogen (secondary N) is 3. The molecule has 6 rings (SSSR count). The summed E-state index contributed by atoms with van der Waals surface area (Å²) in [5.41, 5.74) is 5.31. The molecule has 9 nitrogen and oxygen atoms in total. The molecule has 0 saturated carbocycles. The van der Waals surface area contributed by atoms with E-state index in [4.69, 9.17) is 4.98 Å². The maximum absolute atomic E-state index is 15.1. The van der Waals surface area contributed by atoms with Crippen molar-refractivity contribution in [1.82, 2.24) is 35.1 Å². The number of amides is 1. The molecule has 3 N–H and O–H groups in total. The van der Waals surface area contributed by atoms with E-state index in [-0.39, 0.29) is 11.4 Å². The number of carbonyl (C=O) groups excluding carboxylic acids is 1. The highest BCUT2D eigenvalue weighted by molar-refractivity contribution is 5.98. The van der Waals surface area contributed by atoms with Crippen molar-refractivity contribution < 1.29 is 9.18 Å². The van der Waals surface area contributed by atoms with Gasteiger partial charge in [0.25, 0.3) is 0 Å². The van der Waals surface area contributed by atoms with Crippen LogP contribution in [0.15, 0.2) is 67.3 Å². The Labute approximate surface area is 210 Å². The highest BCUT2D eigenvalue weighted by Gasteiger charge is 2.18. The van der Waals surface area contributed by atoms with E-state index in [9.17, 15) is 4.79 Å². The van der Waals surface area contributed by atoms with Crippen LogP contribution in [0.4, 0.5) is 10.1 Å². The van der Waals surface area contributed by atoms with Gasteiger partial charge in [0.1, 0.15) is 22.4 Å². The number of benzene rings is 1. The van der Waals surface area contributed by atoms with Gasteiger partial charge in [0, 0.05) is 36.0 Å². The van der Waals surface area contributed by atoms with Crippen LogP contribution in [0.3, 0.4) is 0 Å². The second-order valence-corrected chi connectivity index (χ2v) is 8.57. The van der Waals surface area contributed by atoms with E-state index in [2.05, 4.69) is 35.5 Å². The van der Waals surface area contributed by atoms with E-state index < -0.39 is 5.82 Å². The Morgan fingerprint density at radius 1 is 1.03 bits per heavy atom. The third-order valence-electron chi connectivity index (χ3n) is 5.99. The number of H-pyrrole nitrogens is 2. The molecule has 0 saturated heterocycles. The molecule has 0 radical (unpaired) electrons. The van der Waals surface area contributed by atoms with Gasteiger partial charge < -0.3 is 10.3 Å². The molecule has 0 fully saturated rings. The van der Waals surface area contributed by atoms with Crippen molar-refractivity contribution in [3.05, 3.63) is 73.1 Å². The molecule has 10 heteroatoms. The van der Waals surface area contributed by atoms with Crippen molar-refractivity contribution >= 4 is 33.5 Å². The summed E-state index contributed by atoms with van der Waals surface area (Å²) in [6.07, 6.45) is 7.74. The largest absolute Gasteiger partial charge is 0.337 e. The van der Waals surface area contributed by atoms with Crippen molar-refractivity contribution in [2.75, 3.05) is 5.32 Å². The predicted molar refractivity (Wildman–Crippen MR) is 139 cm³/mol. The number of hydrogen-bond donors (Lipinski definition) is 3. The van der Waals surface area contributed by atoms with Crippen molar-refractivity contribution in [2.24, 2.45) is 0 Å². The molecule has 6 aromatic rings. The number of anilines is 1. The van der Waals surface area contributed by atoms with E-state index in [1.807, 2.05) is 37.3 Å². The highest BCUT2D eigenvalue weighted by Crippen LogP contribution is 2.33. The number of nitrogens with zero attached hydrogens (tertiary/aromatic N) is 5. The van der Waals surface area contributed by atoms with Gasteiger partial charge in [-0.25, -0.2) is 9.37 Å². The Bertz CT molecular complexity index is 1760. The zero-order chi connectivity index (χ0) is 25.4. The van der Waals surface area contributed by atoms with Gasteiger partial charge in [0.05, 0.1) is 23.1 Å². The Morgan fingerprint density at radius 2 is 1.95 bits per heavy atom. The molecule has 5 aromatic heterocycles. The average molecular weight is 493 g/mol. The molecule has 182 valence electrons. The molecule has 37 heavy (non-hydrogen) atoms. The van der Waals surface area contributed by atoms with Gasteiger partial charge in [-0.1, -0.05) is 13.0 Å². The zero-order valence-corrected chi connectivity index (χ0v) is 19.8. The first kappa shape index (κ1) is 22.5. The van der Waals surface area contributed by atoms with Crippen LogP contribution >= 0.6 is 0 Å². The first-order chi connectivity index (χ1) is 18.1. The van der Waals surface area contributed by atoms with E-state index in [1.165, 1.54) is 6.07 Å². The monoisotopic (exact) mass is 492 g/mol. The van der Waals surface area contributed by atoms with Crippen molar-refractivity contribution in [1.29, 1.82) is 0 Å². The molecule has 0 unspecified atom stereocenters. The van der Waals surface area contributed by atoms with Crippen LogP contribution in [0.1, 0.15) is 19.8 Å². The standard InChI is InChI=1S/C27H21FN8O/c1-2-5-22(37)32-17-10-16(13-29-14-17)15-11-18-23(19(28)12-15)35-36-24(18)27-33-21-7-9-31-25(26(21)34-27)20-6-3-4-8-30-20/h3-4,6-14H,2,5H2,1H3,(H,32,37)(H,33,34)(H,35,36). The van der Waals surface area contributed by atoms with Gasteiger partial charge in [-0.05, 0) is 48.4 Å². The van der Waals surface area contributed by atoms with Gasteiger partial charge in [-0.3, -0.25) is 24.8 Å². The maximum atomic E-state index is 15.1. The number of carbonyl (C=O) groups is 1. The summed E-state index contributed by atoms with van der Waals surface area (Å²) >= 11 is 0. The number of imidazole rings is 1. The van der Waals surface area contributed by atoms with Gasteiger partial charge in [-0.2, -0.15) is 5.10 Å². The van der Waals surface area contributed by atoms with Gasteiger partial charge in [0.2, 0.25) is 5.91 Å². The highest BCUT2D eigenvalue weighted by atomic mass is 19.1. The van der Waals surface area contributed by atoms with Crippen LogP contribution in [0.25, 0.3) is 56.0 Å². The molecule has 0 aliphatic heterocycles. The minimum Gasteiger partial charge on any atom is -0.337 e. The third kappa shape index (κ3) is 4.18. The Morgan fingerprint density at radius 3 is 2.78 bits per heavy atom. The second kappa shape index (κ2) is 9.23. The van der Waals surface area contributed by atoms with Crippen molar-refractivity contribution in [2.45, 2.75) is 19.8 Å². The molecule has 0 aliphatic carbocycles. The number of fused-ring (bicyclic) bond motifs is 2. The fourth-order valence-electron chi connectivity index (χ4n) is 4.28. The summed E-state index contributed by atoms with van der Waals surface area (Å²) in [5, 5.41) is 10.5. The SMILES string of the molecule is CCCC(=O)Nc1cncc(-c2cc(F)c3n[nH]c(-c4nc5c(-c6ccccn6)nccc5[nH]4)c3c2)c1. The molecular formula is C27H21FN8O. The van der Waals surface area contributed by atoms with E-state index in [1.54, 1.807) is 30.9 Å². The van der Waals surface area contributed by atoms with Gasteiger partial charge >= 0.3 is 0 Å². The first-order valence-electron chi connectivity index (χ1n) is 11.8. The van der Waals surface area contributed by atoms with Crippen molar-refractivity contribution in [3.63, 3.8) is 0 Å². The van der Waals surface area contributed by atoms with E-state index in [0.717, 1.165) is 11.9 Å². The number of aromatic nitrogens is 7. The summed E-state index contributed by atoms with van der Waals surface area (Å²) in [6.45, 7) is 1.94. The number of rotatable bonds is 6. The minimum atomic E-state index is -0.484. The molecule has 5 heterocycles. The van der Waals surface area contributed by atoms with Crippen LogP contribution in [0.5, 0.6) is 0 Å². The molecule has 1 amide bonds. The van der Waals surface area contributed by atoms with Crippen LogP contribution in [-0.2, 0) is 4.79 Å². The lowest BCUT2D eigenvalue weighted by molar-refractivity contribution is -0.116. The minimum absolute atomic E-state index is 0.0929. The summed E-state index contributed by atoms with van der Waals surface area (Å²) < 4.78 is 15.1. The molecule has 0 spiro atoms. The van der Waals surface area contributed by atoms with E-state index >= 15 is 4.39 Å².